The van der Waals surface area contributed by atoms with Crippen molar-refractivity contribution < 1.29 is 4.79 Å². The molecule has 2 aliphatic carbocycles. The Morgan fingerprint density at radius 1 is 1.05 bits per heavy atom. The Kier molecular flexibility index (Phi) is 6.34. The zero-order valence-corrected chi connectivity index (χ0v) is 13.2. The number of carbonyl (C=O) groups excluding carboxylic acids is 1. The summed E-state index contributed by atoms with van der Waals surface area (Å²) in [5.74, 6) is 1.11. The minimum absolute atomic E-state index is 0.0766. The Bertz CT molecular complexity index is 291. The van der Waals surface area contributed by atoms with Crippen molar-refractivity contribution in [1.82, 2.24) is 10.6 Å². The smallest absolute Gasteiger partial charge is 0.221 e. The molecular formula is C17H32N2O. The highest BCUT2D eigenvalue weighted by molar-refractivity contribution is 5.77. The average molecular weight is 280 g/mol. The second-order valence-electron chi connectivity index (χ2n) is 6.91. The molecule has 0 aromatic heterocycles. The maximum absolute atomic E-state index is 12.2. The Hall–Kier alpha value is -0.570. The van der Waals surface area contributed by atoms with Crippen LogP contribution in [0.3, 0.4) is 0 Å². The number of nitrogens with one attached hydrogen (secondary N) is 2. The summed E-state index contributed by atoms with van der Waals surface area (Å²) in [5.41, 5.74) is 0.0766. The molecule has 116 valence electrons. The summed E-state index contributed by atoms with van der Waals surface area (Å²) < 4.78 is 0. The van der Waals surface area contributed by atoms with E-state index < -0.39 is 0 Å². The molecule has 1 amide bonds. The van der Waals surface area contributed by atoms with E-state index >= 15 is 0 Å². The first kappa shape index (κ1) is 15.8. The van der Waals surface area contributed by atoms with Gasteiger partial charge in [0.2, 0.25) is 5.91 Å². The van der Waals surface area contributed by atoms with Crippen LogP contribution in [0, 0.1) is 5.92 Å². The van der Waals surface area contributed by atoms with Gasteiger partial charge in [-0.05, 0) is 32.2 Å². The van der Waals surface area contributed by atoms with Gasteiger partial charge < -0.3 is 10.6 Å². The van der Waals surface area contributed by atoms with Crippen molar-refractivity contribution in [1.29, 1.82) is 0 Å². The van der Waals surface area contributed by atoms with E-state index in [4.69, 9.17) is 0 Å². The van der Waals surface area contributed by atoms with Crippen LogP contribution in [0.1, 0.15) is 77.0 Å². The minimum atomic E-state index is 0.0766. The van der Waals surface area contributed by atoms with E-state index in [0.717, 1.165) is 25.3 Å². The SMILES string of the molecule is CNC1(CC(=O)NCCC2CCCCC2)CCCCC1. The number of hydrogen-bond acceptors (Lipinski definition) is 2. The van der Waals surface area contributed by atoms with Gasteiger partial charge in [0.1, 0.15) is 0 Å². The van der Waals surface area contributed by atoms with Crippen molar-refractivity contribution in [3.8, 4) is 0 Å². The first-order valence-corrected chi connectivity index (χ1v) is 8.70. The van der Waals surface area contributed by atoms with Crippen LogP contribution in [-0.2, 0) is 4.79 Å². The summed E-state index contributed by atoms with van der Waals surface area (Å²) in [6.45, 7) is 0.878. The normalized spacial score (nSPS) is 23.4. The molecular weight excluding hydrogens is 248 g/mol. The quantitative estimate of drug-likeness (QED) is 0.783. The van der Waals surface area contributed by atoms with E-state index in [1.54, 1.807) is 0 Å². The molecule has 2 aliphatic rings. The molecule has 20 heavy (non-hydrogen) atoms. The Labute approximate surface area is 124 Å². The summed E-state index contributed by atoms with van der Waals surface area (Å²) in [6.07, 6.45) is 14.9. The first-order valence-electron chi connectivity index (χ1n) is 8.70. The van der Waals surface area contributed by atoms with Crippen LogP contribution < -0.4 is 10.6 Å². The van der Waals surface area contributed by atoms with Gasteiger partial charge in [0, 0.05) is 18.5 Å². The molecule has 0 radical (unpaired) electrons. The van der Waals surface area contributed by atoms with Crippen LogP contribution in [0.15, 0.2) is 0 Å². The highest BCUT2D eigenvalue weighted by atomic mass is 16.1. The fourth-order valence-corrected chi connectivity index (χ4v) is 4.01. The van der Waals surface area contributed by atoms with Gasteiger partial charge in [0.25, 0.3) is 0 Å². The fourth-order valence-electron chi connectivity index (χ4n) is 4.01. The largest absolute Gasteiger partial charge is 0.356 e. The summed E-state index contributed by atoms with van der Waals surface area (Å²) in [4.78, 5) is 12.2. The first-order chi connectivity index (χ1) is 9.74. The molecule has 0 unspecified atom stereocenters. The monoisotopic (exact) mass is 280 g/mol. The molecule has 0 spiro atoms. The lowest BCUT2D eigenvalue weighted by Gasteiger charge is -2.36. The van der Waals surface area contributed by atoms with E-state index in [0.29, 0.717) is 6.42 Å². The third-order valence-corrected chi connectivity index (χ3v) is 5.44. The van der Waals surface area contributed by atoms with Gasteiger partial charge in [-0.15, -0.1) is 0 Å². The van der Waals surface area contributed by atoms with Gasteiger partial charge in [-0.1, -0.05) is 51.4 Å². The molecule has 0 atom stereocenters. The summed E-state index contributed by atoms with van der Waals surface area (Å²) >= 11 is 0. The standard InChI is InChI=1S/C17H32N2O/c1-18-17(11-6-3-7-12-17)14-16(20)19-13-10-15-8-4-2-5-9-15/h15,18H,2-14H2,1H3,(H,19,20). The molecule has 0 aliphatic heterocycles. The van der Waals surface area contributed by atoms with Gasteiger partial charge in [-0.3, -0.25) is 4.79 Å². The van der Waals surface area contributed by atoms with Crippen molar-refractivity contribution in [2.45, 2.75) is 82.6 Å². The topological polar surface area (TPSA) is 41.1 Å². The lowest BCUT2D eigenvalue weighted by molar-refractivity contribution is -0.122. The van der Waals surface area contributed by atoms with Crippen LogP contribution in [0.5, 0.6) is 0 Å². The van der Waals surface area contributed by atoms with Gasteiger partial charge in [0.05, 0.1) is 0 Å². The molecule has 0 aromatic rings. The molecule has 2 saturated carbocycles. The molecule has 0 aromatic carbocycles. The Morgan fingerprint density at radius 3 is 2.35 bits per heavy atom. The van der Waals surface area contributed by atoms with E-state index in [-0.39, 0.29) is 11.4 Å². The van der Waals surface area contributed by atoms with Crippen molar-refractivity contribution in [3.05, 3.63) is 0 Å². The molecule has 3 heteroatoms. The van der Waals surface area contributed by atoms with Crippen LogP contribution >= 0.6 is 0 Å². The third-order valence-electron chi connectivity index (χ3n) is 5.44. The van der Waals surface area contributed by atoms with E-state index in [2.05, 4.69) is 10.6 Å². The number of amides is 1. The summed E-state index contributed by atoms with van der Waals surface area (Å²) in [6, 6.07) is 0. The summed E-state index contributed by atoms with van der Waals surface area (Å²) in [5, 5.41) is 6.58. The molecule has 0 heterocycles. The highest BCUT2D eigenvalue weighted by Crippen LogP contribution is 2.30. The zero-order valence-electron chi connectivity index (χ0n) is 13.2. The predicted octanol–water partition coefficient (Wildman–Crippen LogP) is 3.39. The Morgan fingerprint density at radius 2 is 1.70 bits per heavy atom. The minimum Gasteiger partial charge on any atom is -0.356 e. The summed E-state index contributed by atoms with van der Waals surface area (Å²) in [7, 11) is 2.01. The molecule has 3 nitrogen and oxygen atoms in total. The second kappa shape index (κ2) is 8.02. The maximum atomic E-state index is 12.2. The fraction of sp³-hybridized carbons (Fsp3) is 0.941. The van der Waals surface area contributed by atoms with Gasteiger partial charge in [-0.2, -0.15) is 0 Å². The van der Waals surface area contributed by atoms with Crippen LogP contribution in [0.25, 0.3) is 0 Å². The van der Waals surface area contributed by atoms with Gasteiger partial charge >= 0.3 is 0 Å². The molecule has 0 bridgehead atoms. The van der Waals surface area contributed by atoms with Crippen LogP contribution in [0.4, 0.5) is 0 Å². The maximum Gasteiger partial charge on any atom is 0.221 e. The Balaban J connectivity index is 1.66. The lowest BCUT2D eigenvalue weighted by Crippen LogP contribution is -2.48. The highest BCUT2D eigenvalue weighted by Gasteiger charge is 2.32. The van der Waals surface area contributed by atoms with Gasteiger partial charge in [-0.25, -0.2) is 0 Å². The molecule has 2 fully saturated rings. The number of carbonyl (C=O) groups is 1. The van der Waals surface area contributed by atoms with E-state index in [1.165, 1.54) is 57.8 Å². The molecule has 2 N–H and O–H groups in total. The molecule has 0 saturated heterocycles. The number of rotatable bonds is 6. The van der Waals surface area contributed by atoms with Crippen molar-refractivity contribution in [3.63, 3.8) is 0 Å². The predicted molar refractivity (Wildman–Crippen MR) is 83.7 cm³/mol. The van der Waals surface area contributed by atoms with Crippen molar-refractivity contribution in [2.75, 3.05) is 13.6 Å². The van der Waals surface area contributed by atoms with E-state index in [1.807, 2.05) is 7.05 Å². The second-order valence-corrected chi connectivity index (χ2v) is 6.91. The van der Waals surface area contributed by atoms with Gasteiger partial charge in [0.15, 0.2) is 0 Å². The third kappa shape index (κ3) is 4.76. The van der Waals surface area contributed by atoms with Crippen LogP contribution in [0.2, 0.25) is 0 Å². The van der Waals surface area contributed by atoms with Crippen molar-refractivity contribution >= 4 is 5.91 Å². The average Bonchev–Trinajstić information content (AvgIpc) is 2.49. The number of hydrogen-bond donors (Lipinski definition) is 2. The molecule has 2 rings (SSSR count). The van der Waals surface area contributed by atoms with Crippen LogP contribution in [-0.4, -0.2) is 25.0 Å². The van der Waals surface area contributed by atoms with E-state index in [9.17, 15) is 4.79 Å². The van der Waals surface area contributed by atoms with Crippen molar-refractivity contribution in [2.24, 2.45) is 5.92 Å². The zero-order chi connectivity index (χ0) is 14.3. The lowest BCUT2D eigenvalue weighted by atomic mass is 9.79.